The fraction of sp³-hybridized carbons (Fsp3) is 0.636. The zero-order valence-corrected chi connectivity index (χ0v) is 11.3. The standard InChI is InChI=1S/C11H13F3N4O4/c12-11(13,14)10(20)2-4-16(7-10)9(19)1-3-17-6-8(5-15-17)18(21)22/h5-6,20H,1-4,7H2/t10-/m0/s1. The maximum Gasteiger partial charge on any atom is 0.419 e. The van der Waals surface area contributed by atoms with Gasteiger partial charge in [0, 0.05) is 25.9 Å². The first-order chi connectivity index (χ1) is 10.1. The van der Waals surface area contributed by atoms with Crippen LogP contribution in [0.5, 0.6) is 0 Å². The number of β-amino-alcohol motifs (C(OH)–C–C–N with tert-alkyl or cyclic N) is 1. The van der Waals surface area contributed by atoms with E-state index < -0.39 is 35.6 Å². The van der Waals surface area contributed by atoms with E-state index in [1.54, 1.807) is 0 Å². The lowest BCUT2D eigenvalue weighted by Gasteiger charge is -2.25. The number of nitro groups is 1. The highest BCUT2D eigenvalue weighted by Gasteiger charge is 2.57. The lowest BCUT2D eigenvalue weighted by atomic mass is 10.0. The molecule has 0 bridgehead atoms. The molecule has 1 aromatic rings. The fourth-order valence-electron chi connectivity index (χ4n) is 2.18. The minimum atomic E-state index is -4.79. The van der Waals surface area contributed by atoms with Gasteiger partial charge in [0.2, 0.25) is 5.91 Å². The summed E-state index contributed by atoms with van der Waals surface area (Å²) < 4.78 is 39.1. The van der Waals surface area contributed by atoms with Gasteiger partial charge >= 0.3 is 11.9 Å². The van der Waals surface area contributed by atoms with E-state index in [9.17, 15) is 33.2 Å². The molecule has 1 aliphatic rings. The first kappa shape index (κ1) is 16.2. The highest BCUT2D eigenvalue weighted by atomic mass is 19.4. The Kier molecular flexibility index (Phi) is 4.09. The Balaban J connectivity index is 1.89. The summed E-state index contributed by atoms with van der Waals surface area (Å²) in [6.45, 7) is -0.976. The van der Waals surface area contributed by atoms with Crippen molar-refractivity contribution in [1.82, 2.24) is 14.7 Å². The molecule has 0 saturated carbocycles. The molecule has 2 rings (SSSR count). The van der Waals surface area contributed by atoms with Crippen molar-refractivity contribution in [2.24, 2.45) is 0 Å². The summed E-state index contributed by atoms with van der Waals surface area (Å²) in [7, 11) is 0. The fourth-order valence-corrected chi connectivity index (χ4v) is 2.18. The Morgan fingerprint density at radius 1 is 1.55 bits per heavy atom. The van der Waals surface area contributed by atoms with Gasteiger partial charge in [0.1, 0.15) is 12.4 Å². The molecule has 1 saturated heterocycles. The quantitative estimate of drug-likeness (QED) is 0.650. The van der Waals surface area contributed by atoms with Crippen LogP contribution in [-0.2, 0) is 11.3 Å². The van der Waals surface area contributed by atoms with Gasteiger partial charge in [-0.05, 0) is 0 Å². The second kappa shape index (κ2) is 5.55. The third kappa shape index (κ3) is 3.18. The number of hydrogen-bond donors (Lipinski definition) is 1. The minimum absolute atomic E-state index is 0.00756. The monoisotopic (exact) mass is 322 g/mol. The third-order valence-electron chi connectivity index (χ3n) is 3.51. The second-order valence-electron chi connectivity index (χ2n) is 5.06. The maximum atomic E-state index is 12.6. The molecule has 1 aromatic heterocycles. The van der Waals surface area contributed by atoms with Gasteiger partial charge in [-0.15, -0.1) is 0 Å². The summed E-state index contributed by atoms with van der Waals surface area (Å²) in [6.07, 6.45) is -3.36. The third-order valence-corrected chi connectivity index (χ3v) is 3.51. The topological polar surface area (TPSA) is 102 Å². The summed E-state index contributed by atoms with van der Waals surface area (Å²) >= 11 is 0. The molecular weight excluding hydrogens is 309 g/mol. The number of nitrogens with zero attached hydrogens (tertiary/aromatic N) is 4. The molecule has 22 heavy (non-hydrogen) atoms. The number of rotatable bonds is 4. The molecule has 1 atom stereocenters. The Morgan fingerprint density at radius 3 is 2.73 bits per heavy atom. The Hall–Kier alpha value is -2.17. The van der Waals surface area contributed by atoms with Crippen molar-refractivity contribution in [3.8, 4) is 0 Å². The number of carbonyl (C=O) groups is 1. The lowest BCUT2D eigenvalue weighted by molar-refractivity contribution is -0.385. The van der Waals surface area contributed by atoms with E-state index in [0.29, 0.717) is 0 Å². The van der Waals surface area contributed by atoms with Crippen LogP contribution in [0.25, 0.3) is 0 Å². The number of halogens is 3. The molecule has 0 spiro atoms. The number of hydrogen-bond acceptors (Lipinski definition) is 5. The van der Waals surface area contributed by atoms with E-state index >= 15 is 0 Å². The average molecular weight is 322 g/mol. The zero-order valence-electron chi connectivity index (χ0n) is 11.3. The predicted molar refractivity (Wildman–Crippen MR) is 65.7 cm³/mol. The van der Waals surface area contributed by atoms with Crippen LogP contribution in [0.2, 0.25) is 0 Å². The summed E-state index contributed by atoms with van der Waals surface area (Å²) in [6, 6.07) is 0. The molecule has 1 N–H and O–H groups in total. The summed E-state index contributed by atoms with van der Waals surface area (Å²) in [5, 5.41) is 23.6. The van der Waals surface area contributed by atoms with E-state index in [2.05, 4.69) is 5.10 Å². The van der Waals surface area contributed by atoms with Gasteiger partial charge in [-0.2, -0.15) is 18.3 Å². The maximum absolute atomic E-state index is 12.6. The summed E-state index contributed by atoms with van der Waals surface area (Å²) in [5.74, 6) is -0.571. The van der Waals surface area contributed by atoms with E-state index in [0.717, 1.165) is 17.3 Å². The molecule has 122 valence electrons. The molecule has 1 amide bonds. The molecule has 0 radical (unpaired) electrons. The van der Waals surface area contributed by atoms with Gasteiger partial charge in [0.05, 0.1) is 11.5 Å². The van der Waals surface area contributed by atoms with Crippen LogP contribution in [0.1, 0.15) is 12.8 Å². The summed E-state index contributed by atoms with van der Waals surface area (Å²) in [5.41, 5.74) is -3.10. The number of likely N-dealkylation sites (tertiary alicyclic amines) is 1. The first-order valence-electron chi connectivity index (χ1n) is 6.36. The number of aryl methyl sites for hydroxylation is 1. The molecule has 0 aromatic carbocycles. The van der Waals surface area contributed by atoms with Crippen molar-refractivity contribution in [2.75, 3.05) is 13.1 Å². The number of aromatic nitrogens is 2. The molecule has 2 heterocycles. The smallest absolute Gasteiger partial charge is 0.379 e. The molecule has 1 fully saturated rings. The molecule has 0 aliphatic carbocycles. The number of alkyl halides is 3. The zero-order chi connectivity index (χ0) is 16.5. The highest BCUT2D eigenvalue weighted by Crippen LogP contribution is 2.37. The molecule has 0 unspecified atom stereocenters. The lowest BCUT2D eigenvalue weighted by Crippen LogP contribution is -2.48. The van der Waals surface area contributed by atoms with Crippen LogP contribution in [0, 0.1) is 10.1 Å². The molecule has 11 heteroatoms. The van der Waals surface area contributed by atoms with Gasteiger partial charge in [-0.1, -0.05) is 0 Å². The first-order valence-corrected chi connectivity index (χ1v) is 6.36. The van der Waals surface area contributed by atoms with Gasteiger partial charge in [-0.25, -0.2) is 0 Å². The second-order valence-corrected chi connectivity index (χ2v) is 5.06. The number of amides is 1. The minimum Gasteiger partial charge on any atom is -0.379 e. The Morgan fingerprint density at radius 2 is 2.23 bits per heavy atom. The van der Waals surface area contributed by atoms with E-state index in [1.165, 1.54) is 4.68 Å². The van der Waals surface area contributed by atoms with Gasteiger partial charge < -0.3 is 10.0 Å². The SMILES string of the molecule is O=C(CCn1cc([N+](=O)[O-])cn1)N1CC[C@@](O)(C(F)(F)F)C1. The highest BCUT2D eigenvalue weighted by molar-refractivity contribution is 5.76. The Labute approximate surface area is 122 Å². The largest absolute Gasteiger partial charge is 0.419 e. The van der Waals surface area contributed by atoms with Crippen molar-refractivity contribution in [1.29, 1.82) is 0 Å². The average Bonchev–Trinajstić information content (AvgIpc) is 3.02. The molecule has 1 aliphatic heterocycles. The van der Waals surface area contributed by atoms with E-state index in [-0.39, 0.29) is 25.2 Å². The van der Waals surface area contributed by atoms with Crippen LogP contribution < -0.4 is 0 Å². The normalized spacial score (nSPS) is 22.1. The Bertz CT molecular complexity index is 588. The summed E-state index contributed by atoms with van der Waals surface area (Å²) in [4.78, 5) is 22.6. The van der Waals surface area contributed by atoms with Gasteiger partial charge in [0.15, 0.2) is 5.60 Å². The molecular formula is C11H13F3N4O4. The number of aliphatic hydroxyl groups is 1. The van der Waals surface area contributed by atoms with Crippen molar-refractivity contribution in [3.05, 3.63) is 22.5 Å². The van der Waals surface area contributed by atoms with Crippen LogP contribution in [-0.4, -0.2) is 55.5 Å². The van der Waals surface area contributed by atoms with Crippen molar-refractivity contribution < 1.29 is 28.0 Å². The molecule has 8 nitrogen and oxygen atoms in total. The van der Waals surface area contributed by atoms with Crippen molar-refractivity contribution in [2.45, 2.75) is 31.2 Å². The van der Waals surface area contributed by atoms with Crippen molar-refractivity contribution in [3.63, 3.8) is 0 Å². The van der Waals surface area contributed by atoms with E-state index in [1.807, 2.05) is 0 Å². The van der Waals surface area contributed by atoms with Gasteiger partial charge in [0.25, 0.3) is 0 Å². The predicted octanol–water partition coefficient (Wildman–Crippen LogP) is 0.707. The van der Waals surface area contributed by atoms with Crippen LogP contribution >= 0.6 is 0 Å². The van der Waals surface area contributed by atoms with Gasteiger partial charge in [-0.3, -0.25) is 19.6 Å². The number of carbonyl (C=O) groups excluding carboxylic acids is 1. The van der Waals surface area contributed by atoms with Crippen LogP contribution in [0.4, 0.5) is 18.9 Å². The van der Waals surface area contributed by atoms with E-state index in [4.69, 9.17) is 0 Å². The van der Waals surface area contributed by atoms with Crippen LogP contribution in [0.15, 0.2) is 12.4 Å². The van der Waals surface area contributed by atoms with Crippen molar-refractivity contribution >= 4 is 11.6 Å². The van der Waals surface area contributed by atoms with Crippen LogP contribution in [0.3, 0.4) is 0 Å².